The zero-order valence-electron chi connectivity index (χ0n) is 13.1. The van der Waals surface area contributed by atoms with E-state index in [2.05, 4.69) is 4.98 Å². The van der Waals surface area contributed by atoms with Crippen LogP contribution < -0.4 is 9.47 Å². The number of nitrogens with zero attached hydrogens (tertiary/aromatic N) is 2. The average molecular weight is 312 g/mol. The van der Waals surface area contributed by atoms with Crippen LogP contribution in [0.3, 0.4) is 0 Å². The van der Waals surface area contributed by atoms with Crippen LogP contribution in [0.1, 0.15) is 12.0 Å². The van der Waals surface area contributed by atoms with Crippen LogP contribution in [0.15, 0.2) is 48.7 Å². The third-order valence-electron chi connectivity index (χ3n) is 3.81. The lowest BCUT2D eigenvalue weighted by Gasteiger charge is -2.17. The monoisotopic (exact) mass is 312 g/mol. The molecule has 0 spiro atoms. The van der Waals surface area contributed by atoms with E-state index in [0.29, 0.717) is 24.7 Å². The molecule has 1 aliphatic heterocycles. The van der Waals surface area contributed by atoms with Crippen molar-refractivity contribution < 1.29 is 14.3 Å². The molecule has 5 heteroatoms. The molecule has 0 aliphatic carbocycles. The Morgan fingerprint density at radius 2 is 2.09 bits per heavy atom. The second-order valence-electron chi connectivity index (χ2n) is 5.64. The molecule has 0 N–H and O–H groups in total. The molecule has 1 atom stereocenters. The summed E-state index contributed by atoms with van der Waals surface area (Å²) in [6.45, 7) is 3.33. The SMILES string of the molecule is Cc1ccc(OCC(=O)N2CCC(Oc3ccccn3)C2)cc1. The number of aromatic nitrogens is 1. The van der Waals surface area contributed by atoms with E-state index >= 15 is 0 Å². The van der Waals surface area contributed by atoms with Gasteiger partial charge in [-0.1, -0.05) is 23.8 Å². The lowest BCUT2D eigenvalue weighted by atomic mass is 10.2. The van der Waals surface area contributed by atoms with Crippen molar-refractivity contribution in [2.75, 3.05) is 19.7 Å². The van der Waals surface area contributed by atoms with Crippen molar-refractivity contribution in [1.29, 1.82) is 0 Å². The van der Waals surface area contributed by atoms with Gasteiger partial charge in [-0.2, -0.15) is 0 Å². The lowest BCUT2D eigenvalue weighted by molar-refractivity contribution is -0.132. The highest BCUT2D eigenvalue weighted by Crippen LogP contribution is 2.17. The molecule has 1 amide bonds. The van der Waals surface area contributed by atoms with E-state index in [9.17, 15) is 4.79 Å². The Morgan fingerprint density at radius 1 is 1.26 bits per heavy atom. The molecule has 3 rings (SSSR count). The maximum Gasteiger partial charge on any atom is 0.260 e. The Balaban J connectivity index is 1.46. The topological polar surface area (TPSA) is 51.7 Å². The Morgan fingerprint density at radius 3 is 2.83 bits per heavy atom. The van der Waals surface area contributed by atoms with Gasteiger partial charge >= 0.3 is 0 Å². The number of aryl methyl sites for hydroxylation is 1. The molecule has 0 saturated carbocycles. The van der Waals surface area contributed by atoms with Gasteiger partial charge in [0.1, 0.15) is 11.9 Å². The predicted molar refractivity (Wildman–Crippen MR) is 86.5 cm³/mol. The minimum absolute atomic E-state index is 0.00627. The van der Waals surface area contributed by atoms with Gasteiger partial charge in [0.05, 0.1) is 6.54 Å². The van der Waals surface area contributed by atoms with Gasteiger partial charge < -0.3 is 14.4 Å². The van der Waals surface area contributed by atoms with E-state index in [1.54, 1.807) is 11.1 Å². The van der Waals surface area contributed by atoms with Gasteiger partial charge in [0.25, 0.3) is 5.91 Å². The maximum absolute atomic E-state index is 12.2. The Bertz CT molecular complexity index is 643. The minimum Gasteiger partial charge on any atom is -0.484 e. The normalized spacial score (nSPS) is 17.1. The van der Waals surface area contributed by atoms with Crippen LogP contribution in [0, 0.1) is 6.92 Å². The first-order valence-corrected chi connectivity index (χ1v) is 7.75. The molecule has 1 unspecified atom stereocenters. The van der Waals surface area contributed by atoms with Crippen LogP contribution in [0.4, 0.5) is 0 Å². The van der Waals surface area contributed by atoms with Crippen molar-refractivity contribution in [3.63, 3.8) is 0 Å². The number of hydrogen-bond acceptors (Lipinski definition) is 4. The summed E-state index contributed by atoms with van der Waals surface area (Å²) in [5.41, 5.74) is 1.16. The van der Waals surface area contributed by atoms with Crippen molar-refractivity contribution in [2.45, 2.75) is 19.4 Å². The van der Waals surface area contributed by atoms with Crippen LogP contribution in [-0.2, 0) is 4.79 Å². The summed E-state index contributed by atoms with van der Waals surface area (Å²) < 4.78 is 11.3. The molecule has 0 bridgehead atoms. The number of ether oxygens (including phenoxy) is 2. The number of carbonyl (C=O) groups excluding carboxylic acids is 1. The number of benzene rings is 1. The fourth-order valence-corrected chi connectivity index (χ4v) is 2.51. The molecule has 1 fully saturated rings. The molecule has 5 nitrogen and oxygen atoms in total. The molecular weight excluding hydrogens is 292 g/mol. The van der Waals surface area contributed by atoms with Gasteiger partial charge in [-0.05, 0) is 25.1 Å². The molecule has 0 radical (unpaired) electrons. The van der Waals surface area contributed by atoms with Crippen LogP contribution in [0.2, 0.25) is 0 Å². The molecule has 1 aromatic carbocycles. The van der Waals surface area contributed by atoms with Crippen molar-refractivity contribution in [3.05, 3.63) is 54.2 Å². The fraction of sp³-hybridized carbons (Fsp3) is 0.333. The van der Waals surface area contributed by atoms with E-state index in [1.165, 1.54) is 0 Å². The van der Waals surface area contributed by atoms with Gasteiger partial charge in [0, 0.05) is 25.2 Å². The van der Waals surface area contributed by atoms with Crippen LogP contribution in [-0.4, -0.2) is 41.6 Å². The first-order chi connectivity index (χ1) is 11.2. The second kappa shape index (κ2) is 7.13. The highest BCUT2D eigenvalue weighted by atomic mass is 16.5. The number of rotatable bonds is 5. The highest BCUT2D eigenvalue weighted by molar-refractivity contribution is 5.78. The Labute approximate surface area is 135 Å². The number of pyridine rings is 1. The number of likely N-dealkylation sites (tertiary alicyclic amines) is 1. The van der Waals surface area contributed by atoms with E-state index < -0.39 is 0 Å². The molecule has 2 heterocycles. The Kier molecular flexibility index (Phi) is 4.76. The van der Waals surface area contributed by atoms with Gasteiger partial charge in [0.2, 0.25) is 5.88 Å². The van der Waals surface area contributed by atoms with E-state index in [-0.39, 0.29) is 18.6 Å². The van der Waals surface area contributed by atoms with Gasteiger partial charge in [-0.25, -0.2) is 4.98 Å². The summed E-state index contributed by atoms with van der Waals surface area (Å²) in [7, 11) is 0. The van der Waals surface area contributed by atoms with Gasteiger partial charge in [0.15, 0.2) is 6.61 Å². The minimum atomic E-state index is -0.0160. The molecule has 1 aromatic heterocycles. The van der Waals surface area contributed by atoms with Crippen molar-refractivity contribution in [3.8, 4) is 11.6 Å². The number of carbonyl (C=O) groups is 1. The molecular formula is C18H20N2O3. The summed E-state index contributed by atoms with van der Waals surface area (Å²) in [4.78, 5) is 18.1. The van der Waals surface area contributed by atoms with Gasteiger partial charge in [-0.15, -0.1) is 0 Å². The summed E-state index contributed by atoms with van der Waals surface area (Å²) in [5.74, 6) is 1.30. The predicted octanol–water partition coefficient (Wildman–Crippen LogP) is 2.45. The van der Waals surface area contributed by atoms with Gasteiger partial charge in [-0.3, -0.25) is 4.79 Å². The Hall–Kier alpha value is -2.56. The maximum atomic E-state index is 12.2. The first-order valence-electron chi connectivity index (χ1n) is 7.75. The highest BCUT2D eigenvalue weighted by Gasteiger charge is 2.28. The van der Waals surface area contributed by atoms with Crippen LogP contribution in [0.5, 0.6) is 11.6 Å². The largest absolute Gasteiger partial charge is 0.484 e. The van der Waals surface area contributed by atoms with Crippen LogP contribution in [0.25, 0.3) is 0 Å². The summed E-state index contributed by atoms with van der Waals surface area (Å²) in [6, 6.07) is 13.2. The summed E-state index contributed by atoms with van der Waals surface area (Å²) >= 11 is 0. The van der Waals surface area contributed by atoms with E-state index in [1.807, 2.05) is 49.4 Å². The third-order valence-corrected chi connectivity index (χ3v) is 3.81. The summed E-state index contributed by atoms with van der Waals surface area (Å²) in [6.07, 6.45) is 2.50. The molecule has 2 aromatic rings. The quantitative estimate of drug-likeness (QED) is 0.851. The zero-order chi connectivity index (χ0) is 16.1. The first kappa shape index (κ1) is 15.3. The van der Waals surface area contributed by atoms with Crippen molar-refractivity contribution >= 4 is 5.91 Å². The zero-order valence-corrected chi connectivity index (χ0v) is 13.1. The molecule has 1 saturated heterocycles. The van der Waals surface area contributed by atoms with Crippen LogP contribution >= 0.6 is 0 Å². The smallest absolute Gasteiger partial charge is 0.260 e. The standard InChI is InChI=1S/C18H20N2O3/c1-14-5-7-15(8-6-14)22-13-18(21)20-11-9-16(12-20)23-17-4-2-3-10-19-17/h2-8,10,16H,9,11-13H2,1H3. The lowest BCUT2D eigenvalue weighted by Crippen LogP contribution is -2.34. The average Bonchev–Trinajstić information content (AvgIpc) is 3.03. The molecule has 1 aliphatic rings. The molecule has 120 valence electrons. The number of amides is 1. The number of hydrogen-bond donors (Lipinski definition) is 0. The summed E-state index contributed by atoms with van der Waals surface area (Å²) in [5, 5.41) is 0. The molecule has 23 heavy (non-hydrogen) atoms. The third kappa shape index (κ3) is 4.22. The fourth-order valence-electron chi connectivity index (χ4n) is 2.51. The van der Waals surface area contributed by atoms with Crippen molar-refractivity contribution in [2.24, 2.45) is 0 Å². The van der Waals surface area contributed by atoms with Crippen molar-refractivity contribution in [1.82, 2.24) is 9.88 Å². The van der Waals surface area contributed by atoms with E-state index in [0.717, 1.165) is 12.0 Å². The van der Waals surface area contributed by atoms with E-state index in [4.69, 9.17) is 9.47 Å². The second-order valence-corrected chi connectivity index (χ2v) is 5.64.